The third kappa shape index (κ3) is 4.70. The highest BCUT2D eigenvalue weighted by Crippen LogP contribution is 2.52. The largest absolute Gasteiger partial charge is 0.0694 e. The molecule has 4 aromatic rings. The second-order valence-electron chi connectivity index (χ2n) is 10.6. The Balaban J connectivity index is 2.22. The van der Waals surface area contributed by atoms with E-state index in [1.165, 1.54) is 32.7 Å². The van der Waals surface area contributed by atoms with Gasteiger partial charge in [0.25, 0.3) is 0 Å². The summed E-state index contributed by atoms with van der Waals surface area (Å²) in [6.45, 7) is 19.4. The fraction of sp³-hybridized carbons (Fsp3) is 0.375. The Hall–Kier alpha value is -1.74. The second kappa shape index (κ2) is 10.5. The summed E-state index contributed by atoms with van der Waals surface area (Å²) in [7, 11) is -0.604. The quantitative estimate of drug-likeness (QED) is 0.228. The lowest BCUT2D eigenvalue weighted by Gasteiger charge is -2.33. The van der Waals surface area contributed by atoms with Crippen LogP contribution >= 0.6 is 15.8 Å². The molecule has 0 aliphatic heterocycles. The monoisotopic (exact) mass is 486 g/mol. The van der Waals surface area contributed by atoms with E-state index in [1.807, 2.05) is 0 Å². The van der Waals surface area contributed by atoms with Crippen molar-refractivity contribution in [1.82, 2.24) is 0 Å². The molecule has 0 unspecified atom stereocenters. The molecule has 0 spiro atoms. The molecule has 2 heteroatoms. The van der Waals surface area contributed by atoms with Gasteiger partial charge in [0.15, 0.2) is 0 Å². The van der Waals surface area contributed by atoms with Crippen LogP contribution in [-0.4, -0.2) is 22.6 Å². The van der Waals surface area contributed by atoms with Crippen LogP contribution in [0.15, 0.2) is 72.8 Å². The number of rotatable bonds is 7. The van der Waals surface area contributed by atoms with Crippen molar-refractivity contribution in [3.63, 3.8) is 0 Å². The highest BCUT2D eigenvalue weighted by Gasteiger charge is 2.29. The van der Waals surface area contributed by atoms with E-state index in [4.69, 9.17) is 0 Å². The van der Waals surface area contributed by atoms with Gasteiger partial charge in [0.2, 0.25) is 0 Å². The average molecular weight is 487 g/mol. The predicted molar refractivity (Wildman–Crippen MR) is 161 cm³/mol. The zero-order valence-corrected chi connectivity index (χ0v) is 23.9. The zero-order valence-electron chi connectivity index (χ0n) is 22.1. The summed E-state index contributed by atoms with van der Waals surface area (Å²) in [5.41, 5.74) is 5.59. The van der Waals surface area contributed by atoms with Crippen molar-refractivity contribution in [2.24, 2.45) is 0 Å². The molecule has 4 aromatic carbocycles. The van der Waals surface area contributed by atoms with Crippen LogP contribution in [0.3, 0.4) is 0 Å². The van der Waals surface area contributed by atoms with Gasteiger partial charge < -0.3 is 0 Å². The Morgan fingerprint density at radius 3 is 1.06 bits per heavy atom. The van der Waals surface area contributed by atoms with Gasteiger partial charge in [0.05, 0.1) is 0 Å². The number of hydrogen-bond donors (Lipinski definition) is 0. The molecule has 0 aromatic heterocycles. The van der Waals surface area contributed by atoms with Crippen molar-refractivity contribution in [2.75, 3.05) is 0 Å². The first-order valence-electron chi connectivity index (χ1n) is 12.8. The molecule has 0 fully saturated rings. The molecule has 0 saturated heterocycles. The van der Waals surface area contributed by atoms with Gasteiger partial charge in [-0.1, -0.05) is 144 Å². The van der Waals surface area contributed by atoms with Crippen molar-refractivity contribution in [3.8, 4) is 11.1 Å². The van der Waals surface area contributed by atoms with Gasteiger partial charge in [0, 0.05) is 0 Å². The van der Waals surface area contributed by atoms with Gasteiger partial charge in [-0.15, -0.1) is 0 Å². The Morgan fingerprint density at radius 1 is 0.412 bits per heavy atom. The number of hydrogen-bond acceptors (Lipinski definition) is 0. The van der Waals surface area contributed by atoms with Gasteiger partial charge >= 0.3 is 0 Å². The minimum Gasteiger partial charge on any atom is -0.0694 e. The summed E-state index contributed by atoms with van der Waals surface area (Å²) < 4.78 is 0. The minimum absolute atomic E-state index is 0.302. The van der Waals surface area contributed by atoms with E-state index in [0.717, 1.165) is 0 Å². The number of benzene rings is 4. The van der Waals surface area contributed by atoms with E-state index in [-0.39, 0.29) is 15.8 Å². The summed E-state index contributed by atoms with van der Waals surface area (Å²) in [6.07, 6.45) is 0. The first-order chi connectivity index (χ1) is 16.2. The Bertz CT molecular complexity index is 1170. The van der Waals surface area contributed by atoms with Crippen LogP contribution in [0.4, 0.5) is 0 Å². The van der Waals surface area contributed by atoms with Crippen LogP contribution in [0, 0.1) is 0 Å². The highest BCUT2D eigenvalue weighted by atomic mass is 31.1. The minimum atomic E-state index is -0.302. The van der Waals surface area contributed by atoms with Crippen molar-refractivity contribution in [2.45, 2.75) is 78.0 Å². The first-order valence-corrected chi connectivity index (χ1v) is 15.8. The van der Waals surface area contributed by atoms with Crippen molar-refractivity contribution >= 4 is 48.0 Å². The second-order valence-corrected chi connectivity index (χ2v) is 17.3. The maximum atomic E-state index is 2.47. The molecule has 0 aliphatic rings. The SMILES string of the molecule is CC(C)P(c1ccc2ccccc2c1-c1c(P(C(C)C)C(C)C)ccc2ccccc12)C(C)C. The molecule has 0 radical (unpaired) electrons. The lowest BCUT2D eigenvalue weighted by molar-refractivity contribution is 1.02. The summed E-state index contributed by atoms with van der Waals surface area (Å²) >= 11 is 0. The maximum absolute atomic E-state index is 2.47. The van der Waals surface area contributed by atoms with Crippen LogP contribution < -0.4 is 10.6 Å². The lowest BCUT2D eigenvalue weighted by Crippen LogP contribution is -2.22. The van der Waals surface area contributed by atoms with E-state index < -0.39 is 0 Å². The van der Waals surface area contributed by atoms with Gasteiger partial charge in [-0.05, 0) is 65.9 Å². The molecule has 178 valence electrons. The molecule has 0 heterocycles. The Morgan fingerprint density at radius 2 is 0.735 bits per heavy atom. The molecule has 4 rings (SSSR count). The average Bonchev–Trinajstić information content (AvgIpc) is 2.78. The van der Waals surface area contributed by atoms with Gasteiger partial charge in [-0.2, -0.15) is 0 Å². The van der Waals surface area contributed by atoms with E-state index >= 15 is 0 Å². The zero-order chi connectivity index (χ0) is 24.6. The summed E-state index contributed by atoms with van der Waals surface area (Å²) in [4.78, 5) is 0. The smallest absolute Gasteiger partial charge is 0.00155 e. The molecule has 0 atom stereocenters. The molecular formula is C32H40P2. The molecule has 0 bridgehead atoms. The summed E-state index contributed by atoms with van der Waals surface area (Å²) in [6, 6.07) is 27.8. The topological polar surface area (TPSA) is 0 Å². The van der Waals surface area contributed by atoms with Crippen LogP contribution in [-0.2, 0) is 0 Å². The normalized spacial score (nSPS) is 12.5. The highest BCUT2D eigenvalue weighted by molar-refractivity contribution is 7.68. The van der Waals surface area contributed by atoms with Crippen molar-refractivity contribution < 1.29 is 0 Å². The van der Waals surface area contributed by atoms with Gasteiger partial charge in [0.1, 0.15) is 0 Å². The molecule has 0 aliphatic carbocycles. The third-order valence-electron chi connectivity index (χ3n) is 6.85. The van der Waals surface area contributed by atoms with E-state index in [0.29, 0.717) is 22.6 Å². The Kier molecular flexibility index (Phi) is 7.82. The summed E-state index contributed by atoms with van der Waals surface area (Å²) in [5, 5.41) is 8.68. The molecular weight excluding hydrogens is 446 g/mol. The first kappa shape index (κ1) is 25.4. The van der Waals surface area contributed by atoms with E-state index in [9.17, 15) is 0 Å². The van der Waals surface area contributed by atoms with Crippen LogP contribution in [0.1, 0.15) is 55.4 Å². The van der Waals surface area contributed by atoms with Crippen LogP contribution in [0.2, 0.25) is 0 Å². The molecule has 0 saturated carbocycles. The fourth-order valence-electron chi connectivity index (χ4n) is 5.78. The predicted octanol–water partition coefficient (Wildman–Crippen LogP) is 9.51. The fourth-order valence-corrected chi connectivity index (χ4v) is 11.9. The molecule has 0 N–H and O–H groups in total. The summed E-state index contributed by atoms with van der Waals surface area (Å²) in [5.74, 6) is 0. The van der Waals surface area contributed by atoms with Gasteiger partial charge in [-0.25, -0.2) is 0 Å². The molecule has 0 nitrogen and oxygen atoms in total. The standard InChI is InChI=1S/C32H40P2/c1-21(2)33(22(3)4)29-19-17-25-13-9-11-15-27(25)31(29)32-28-16-12-10-14-26(28)18-20-30(32)34(23(5)6)24(7)8/h9-24H,1-8H3. The van der Waals surface area contributed by atoms with E-state index in [1.54, 1.807) is 10.6 Å². The molecule has 34 heavy (non-hydrogen) atoms. The number of fused-ring (bicyclic) bond motifs is 2. The maximum Gasteiger partial charge on any atom is -0.00155 e. The van der Waals surface area contributed by atoms with Crippen molar-refractivity contribution in [1.29, 1.82) is 0 Å². The van der Waals surface area contributed by atoms with Crippen LogP contribution in [0.5, 0.6) is 0 Å². The van der Waals surface area contributed by atoms with E-state index in [2.05, 4.69) is 128 Å². The van der Waals surface area contributed by atoms with Gasteiger partial charge in [-0.3, -0.25) is 0 Å². The lowest BCUT2D eigenvalue weighted by atomic mass is 9.93. The third-order valence-corrected chi connectivity index (χ3v) is 13.2. The molecule has 0 amide bonds. The van der Waals surface area contributed by atoms with Crippen LogP contribution in [0.25, 0.3) is 32.7 Å². The van der Waals surface area contributed by atoms with Crippen molar-refractivity contribution in [3.05, 3.63) is 72.8 Å². The Labute approximate surface area is 209 Å².